The van der Waals surface area contributed by atoms with E-state index in [1.807, 2.05) is 30.3 Å². The summed E-state index contributed by atoms with van der Waals surface area (Å²) in [4.78, 5) is 13.1. The summed E-state index contributed by atoms with van der Waals surface area (Å²) in [6.45, 7) is 0.829. The highest BCUT2D eigenvalue weighted by molar-refractivity contribution is 7.89. The predicted octanol–water partition coefficient (Wildman–Crippen LogP) is 4.07. The van der Waals surface area contributed by atoms with Crippen LogP contribution in [0.25, 0.3) is 0 Å². The van der Waals surface area contributed by atoms with Gasteiger partial charge in [0, 0.05) is 26.2 Å². The summed E-state index contributed by atoms with van der Waals surface area (Å²) < 4.78 is 60.7. The van der Waals surface area contributed by atoms with Crippen LogP contribution in [0.5, 0.6) is 5.75 Å². The Morgan fingerprint density at radius 1 is 0.902 bits per heavy atom. The van der Waals surface area contributed by atoms with Gasteiger partial charge in [0.1, 0.15) is 5.75 Å². The molecule has 1 amide bonds. The molecule has 12 heteroatoms. The number of halogens is 1. The zero-order chi connectivity index (χ0) is 29.5. The second-order valence-electron chi connectivity index (χ2n) is 9.76. The van der Waals surface area contributed by atoms with Gasteiger partial charge >= 0.3 is 0 Å². The minimum atomic E-state index is -4.07. The van der Waals surface area contributed by atoms with E-state index >= 15 is 0 Å². The summed E-state index contributed by atoms with van der Waals surface area (Å²) >= 11 is 6.19. The Morgan fingerprint density at radius 2 is 1.56 bits per heavy atom. The molecule has 3 aromatic carbocycles. The Hall–Kier alpha value is -2.96. The number of sulfonamides is 2. The fraction of sp³-hybridized carbons (Fsp3) is 0.345. The van der Waals surface area contributed by atoms with E-state index in [9.17, 15) is 21.6 Å². The Labute approximate surface area is 247 Å². The number of amides is 1. The summed E-state index contributed by atoms with van der Waals surface area (Å²) in [6, 6.07) is 20.0. The summed E-state index contributed by atoms with van der Waals surface area (Å²) in [5.41, 5.74) is 1.62. The summed E-state index contributed by atoms with van der Waals surface area (Å²) in [5, 5.41) is 2.90. The lowest BCUT2D eigenvalue weighted by Crippen LogP contribution is -2.41. The van der Waals surface area contributed by atoms with E-state index in [0.29, 0.717) is 30.8 Å². The molecule has 41 heavy (non-hydrogen) atoms. The van der Waals surface area contributed by atoms with Crippen LogP contribution in [0.4, 0.5) is 0 Å². The van der Waals surface area contributed by atoms with Crippen LogP contribution in [0.15, 0.2) is 82.6 Å². The number of benzene rings is 3. The highest BCUT2D eigenvalue weighted by Crippen LogP contribution is 2.28. The predicted molar refractivity (Wildman–Crippen MR) is 158 cm³/mol. The van der Waals surface area contributed by atoms with Gasteiger partial charge in [-0.2, -0.15) is 8.61 Å². The van der Waals surface area contributed by atoms with E-state index in [2.05, 4.69) is 5.32 Å². The largest absolute Gasteiger partial charge is 0.495 e. The highest BCUT2D eigenvalue weighted by atomic mass is 35.5. The molecule has 0 radical (unpaired) electrons. The van der Waals surface area contributed by atoms with E-state index < -0.39 is 32.5 Å². The third kappa shape index (κ3) is 7.87. The highest BCUT2D eigenvalue weighted by Gasteiger charge is 2.28. The molecule has 1 aliphatic heterocycles. The van der Waals surface area contributed by atoms with Crippen molar-refractivity contribution in [3.8, 4) is 5.75 Å². The maximum Gasteiger partial charge on any atom is 0.243 e. The summed E-state index contributed by atoms with van der Waals surface area (Å²) in [7, 11) is -6.18. The van der Waals surface area contributed by atoms with Gasteiger partial charge in [0.15, 0.2) is 0 Å². The number of ether oxygens (including phenoxy) is 1. The zero-order valence-electron chi connectivity index (χ0n) is 22.8. The van der Waals surface area contributed by atoms with Crippen molar-refractivity contribution in [3.63, 3.8) is 0 Å². The zero-order valence-corrected chi connectivity index (χ0v) is 25.2. The van der Waals surface area contributed by atoms with Crippen LogP contribution in [0, 0.1) is 0 Å². The third-order valence-corrected chi connectivity index (χ3v) is 11.0. The van der Waals surface area contributed by atoms with E-state index in [1.165, 1.54) is 41.7 Å². The first-order valence-corrected chi connectivity index (χ1v) is 16.6. The molecule has 1 heterocycles. The number of carbonyl (C=O) groups excluding carboxylic acids is 1. The van der Waals surface area contributed by atoms with Gasteiger partial charge in [0.05, 0.1) is 28.5 Å². The molecule has 4 rings (SSSR count). The first kappa shape index (κ1) is 31.0. The average Bonchev–Trinajstić information content (AvgIpc) is 2.99. The Kier molecular flexibility index (Phi) is 10.4. The second kappa shape index (κ2) is 13.8. The molecule has 9 nitrogen and oxygen atoms in total. The van der Waals surface area contributed by atoms with Crippen LogP contribution in [-0.2, 0) is 37.8 Å². The van der Waals surface area contributed by atoms with Crippen molar-refractivity contribution in [1.82, 2.24) is 13.9 Å². The maximum absolute atomic E-state index is 13.6. The quantitative estimate of drug-likeness (QED) is 0.327. The minimum Gasteiger partial charge on any atom is -0.495 e. The lowest BCUT2D eigenvalue weighted by Gasteiger charge is -2.25. The van der Waals surface area contributed by atoms with Gasteiger partial charge in [-0.1, -0.05) is 60.5 Å². The Bertz CT molecular complexity index is 1540. The third-order valence-electron chi connectivity index (χ3n) is 6.94. The molecule has 1 fully saturated rings. The van der Waals surface area contributed by atoms with Crippen LogP contribution in [0.2, 0.25) is 5.02 Å². The number of hydrogen-bond acceptors (Lipinski definition) is 6. The molecule has 0 aromatic heterocycles. The average molecular weight is 620 g/mol. The number of piperidine rings is 1. The molecule has 0 spiro atoms. The molecule has 1 aliphatic rings. The standard InChI is InChI=1S/C29H34ClN3O6S2/c1-39-28-15-14-26(20-27(28)30)41(37,38)33(19-16-23-8-4-2-5-9-23)22-29(34)31-21-24-10-12-25(13-11-24)40(35,36)32-17-6-3-7-18-32/h2,4-5,8-15,20H,3,6-7,16-19,21-22H2,1H3,(H,31,34). The molecule has 1 saturated heterocycles. The van der Waals surface area contributed by atoms with Gasteiger partial charge in [-0.05, 0) is 60.7 Å². The van der Waals surface area contributed by atoms with Crippen LogP contribution in [-0.4, -0.2) is 64.6 Å². The molecule has 0 bridgehead atoms. The van der Waals surface area contributed by atoms with Crippen molar-refractivity contribution >= 4 is 37.6 Å². The molecule has 0 saturated carbocycles. The van der Waals surface area contributed by atoms with Crippen molar-refractivity contribution in [2.45, 2.75) is 42.0 Å². The fourth-order valence-electron chi connectivity index (χ4n) is 4.59. The lowest BCUT2D eigenvalue weighted by atomic mass is 10.1. The normalized spacial score (nSPS) is 14.6. The molecule has 220 valence electrons. The number of nitrogens with zero attached hydrogens (tertiary/aromatic N) is 2. The molecule has 3 aromatic rings. The van der Waals surface area contributed by atoms with Crippen molar-refractivity contribution in [1.29, 1.82) is 0 Å². The van der Waals surface area contributed by atoms with Crippen LogP contribution in [0.3, 0.4) is 0 Å². The van der Waals surface area contributed by atoms with Gasteiger partial charge < -0.3 is 10.1 Å². The van der Waals surface area contributed by atoms with Crippen molar-refractivity contribution in [2.75, 3.05) is 33.3 Å². The van der Waals surface area contributed by atoms with E-state index in [-0.39, 0.29) is 27.9 Å². The summed E-state index contributed by atoms with van der Waals surface area (Å²) in [6.07, 6.45) is 3.15. The van der Waals surface area contributed by atoms with Gasteiger partial charge in [0.25, 0.3) is 0 Å². The van der Waals surface area contributed by atoms with Gasteiger partial charge in [0.2, 0.25) is 26.0 Å². The second-order valence-corrected chi connectivity index (χ2v) is 14.0. The van der Waals surface area contributed by atoms with Crippen molar-refractivity contribution in [3.05, 3.63) is 88.9 Å². The van der Waals surface area contributed by atoms with Crippen molar-refractivity contribution in [2.24, 2.45) is 0 Å². The van der Waals surface area contributed by atoms with Gasteiger partial charge in [-0.15, -0.1) is 0 Å². The van der Waals surface area contributed by atoms with E-state index in [1.54, 1.807) is 12.1 Å². The van der Waals surface area contributed by atoms with E-state index in [4.69, 9.17) is 16.3 Å². The number of carbonyl (C=O) groups is 1. The number of hydrogen-bond donors (Lipinski definition) is 1. The smallest absolute Gasteiger partial charge is 0.243 e. The lowest BCUT2D eigenvalue weighted by molar-refractivity contribution is -0.121. The first-order valence-electron chi connectivity index (χ1n) is 13.3. The van der Waals surface area contributed by atoms with Crippen molar-refractivity contribution < 1.29 is 26.4 Å². The van der Waals surface area contributed by atoms with Crippen LogP contribution >= 0.6 is 11.6 Å². The Morgan fingerprint density at radius 3 is 2.20 bits per heavy atom. The monoisotopic (exact) mass is 619 g/mol. The molecular weight excluding hydrogens is 586 g/mol. The summed E-state index contributed by atoms with van der Waals surface area (Å²) in [5.74, 6) is -0.153. The van der Waals surface area contributed by atoms with Gasteiger partial charge in [-0.3, -0.25) is 4.79 Å². The number of nitrogens with one attached hydrogen (secondary N) is 1. The molecule has 1 N–H and O–H groups in total. The number of rotatable bonds is 12. The topological polar surface area (TPSA) is 113 Å². The SMILES string of the molecule is COc1ccc(S(=O)(=O)N(CCc2ccccc2)CC(=O)NCc2ccc(S(=O)(=O)N3CCCCC3)cc2)cc1Cl. The minimum absolute atomic E-state index is 0.0466. The van der Waals surface area contributed by atoms with Crippen LogP contribution in [0.1, 0.15) is 30.4 Å². The molecule has 0 atom stereocenters. The molecule has 0 unspecified atom stereocenters. The Balaban J connectivity index is 1.44. The van der Waals surface area contributed by atoms with Gasteiger partial charge in [-0.25, -0.2) is 16.8 Å². The van der Waals surface area contributed by atoms with Crippen LogP contribution < -0.4 is 10.1 Å². The molecule has 0 aliphatic carbocycles. The fourth-order valence-corrected chi connectivity index (χ4v) is 7.85. The maximum atomic E-state index is 13.6. The first-order chi connectivity index (χ1) is 19.6. The number of methoxy groups -OCH3 is 1. The van der Waals surface area contributed by atoms with E-state index in [0.717, 1.165) is 29.1 Å². The molecular formula is C29H34ClN3O6S2.